The van der Waals surface area contributed by atoms with E-state index in [4.69, 9.17) is 4.74 Å². The predicted molar refractivity (Wildman–Crippen MR) is 90.5 cm³/mol. The molecule has 0 radical (unpaired) electrons. The number of aromatic nitrogens is 1. The maximum absolute atomic E-state index is 12.8. The van der Waals surface area contributed by atoms with Crippen molar-refractivity contribution in [1.82, 2.24) is 9.47 Å². The highest BCUT2D eigenvalue weighted by atomic mass is 16.5. The highest BCUT2D eigenvalue weighted by Gasteiger charge is 2.46. The number of carbonyl (C=O) groups is 1. The number of rotatable bonds is 2. The summed E-state index contributed by atoms with van der Waals surface area (Å²) in [5, 5.41) is 1.13. The van der Waals surface area contributed by atoms with Crippen LogP contribution in [0.3, 0.4) is 0 Å². The Labute approximate surface area is 137 Å². The van der Waals surface area contributed by atoms with E-state index >= 15 is 0 Å². The maximum atomic E-state index is 12.8. The highest BCUT2D eigenvalue weighted by molar-refractivity contribution is 5.98. The third-order valence-corrected chi connectivity index (χ3v) is 5.90. The van der Waals surface area contributed by atoms with Crippen LogP contribution in [0.15, 0.2) is 30.5 Å². The molecule has 23 heavy (non-hydrogen) atoms. The molecule has 1 aliphatic heterocycles. The molecular weight excluding hydrogens is 288 g/mol. The van der Waals surface area contributed by atoms with E-state index in [-0.39, 0.29) is 5.91 Å². The zero-order valence-corrected chi connectivity index (χ0v) is 13.9. The third kappa shape index (κ3) is 2.45. The molecule has 4 heteroatoms. The Bertz CT molecular complexity index is 733. The van der Waals surface area contributed by atoms with Gasteiger partial charge in [0, 0.05) is 49.9 Å². The Morgan fingerprint density at radius 2 is 1.96 bits per heavy atom. The first kappa shape index (κ1) is 14.8. The maximum Gasteiger partial charge on any atom is 0.253 e. The van der Waals surface area contributed by atoms with Gasteiger partial charge < -0.3 is 14.2 Å². The van der Waals surface area contributed by atoms with Gasteiger partial charge in [0.15, 0.2) is 0 Å². The molecule has 1 spiro atoms. The minimum Gasteiger partial charge on any atom is -0.381 e. The van der Waals surface area contributed by atoms with Crippen LogP contribution in [0.4, 0.5) is 0 Å². The van der Waals surface area contributed by atoms with Crippen molar-refractivity contribution in [2.45, 2.75) is 31.8 Å². The number of aryl methyl sites for hydroxylation is 1. The van der Waals surface area contributed by atoms with Crippen LogP contribution in [-0.2, 0) is 11.8 Å². The Morgan fingerprint density at radius 1 is 1.22 bits per heavy atom. The lowest BCUT2D eigenvalue weighted by Gasteiger charge is -2.51. The molecule has 0 atom stereocenters. The lowest BCUT2D eigenvalue weighted by atomic mass is 9.61. The van der Waals surface area contributed by atoms with Gasteiger partial charge in [-0.25, -0.2) is 0 Å². The number of benzene rings is 1. The summed E-state index contributed by atoms with van der Waals surface area (Å²) < 4.78 is 7.50. The smallest absolute Gasteiger partial charge is 0.253 e. The Balaban J connectivity index is 1.45. The van der Waals surface area contributed by atoms with Crippen LogP contribution in [0.2, 0.25) is 0 Å². The minimum absolute atomic E-state index is 0.174. The lowest BCUT2D eigenvalue weighted by Crippen LogP contribution is -2.50. The summed E-state index contributed by atoms with van der Waals surface area (Å²) in [6.07, 6.45) is 7.05. The van der Waals surface area contributed by atoms with Gasteiger partial charge in [0.25, 0.3) is 5.91 Å². The molecule has 1 saturated carbocycles. The largest absolute Gasteiger partial charge is 0.381 e. The number of carbonyl (C=O) groups excluding carboxylic acids is 1. The molecular formula is C19H24N2O2. The zero-order valence-electron chi connectivity index (χ0n) is 13.9. The van der Waals surface area contributed by atoms with Crippen molar-refractivity contribution in [3.63, 3.8) is 0 Å². The van der Waals surface area contributed by atoms with Gasteiger partial charge in [-0.15, -0.1) is 0 Å². The molecule has 2 fully saturated rings. The second kappa shape index (κ2) is 5.38. The van der Waals surface area contributed by atoms with Crippen LogP contribution in [0.1, 0.15) is 36.0 Å². The lowest BCUT2D eigenvalue weighted by molar-refractivity contribution is -0.0841. The molecule has 4 nitrogen and oxygen atoms in total. The molecule has 0 unspecified atom stereocenters. The number of piperidine rings is 1. The van der Waals surface area contributed by atoms with Crippen molar-refractivity contribution in [3.8, 4) is 0 Å². The fraction of sp³-hybridized carbons (Fsp3) is 0.526. The van der Waals surface area contributed by atoms with Crippen molar-refractivity contribution in [2.24, 2.45) is 12.5 Å². The van der Waals surface area contributed by atoms with Gasteiger partial charge in [-0.05, 0) is 55.4 Å². The second-order valence-corrected chi connectivity index (χ2v) is 7.26. The SMILES string of the molecule is COC1CC2(CCN(C(=O)c3ccc4c(ccn4C)c3)CC2)C1. The Hall–Kier alpha value is -1.81. The minimum atomic E-state index is 0.174. The average Bonchev–Trinajstić information content (AvgIpc) is 2.92. The number of nitrogens with zero attached hydrogens (tertiary/aromatic N) is 2. The average molecular weight is 312 g/mol. The molecule has 2 aromatic rings. The molecule has 1 aliphatic carbocycles. The number of hydrogen-bond donors (Lipinski definition) is 0. The summed E-state index contributed by atoms with van der Waals surface area (Å²) in [5.41, 5.74) is 2.42. The van der Waals surface area contributed by atoms with Crippen molar-refractivity contribution in [2.75, 3.05) is 20.2 Å². The van der Waals surface area contributed by atoms with E-state index in [2.05, 4.69) is 10.6 Å². The summed E-state index contributed by atoms with van der Waals surface area (Å²) in [6.45, 7) is 1.75. The number of fused-ring (bicyclic) bond motifs is 1. The molecule has 2 heterocycles. The van der Waals surface area contributed by atoms with Crippen molar-refractivity contribution in [1.29, 1.82) is 0 Å². The van der Waals surface area contributed by atoms with Crippen molar-refractivity contribution in [3.05, 3.63) is 36.0 Å². The van der Waals surface area contributed by atoms with Gasteiger partial charge >= 0.3 is 0 Å². The fourth-order valence-corrected chi connectivity index (χ4v) is 4.26. The molecule has 0 N–H and O–H groups in total. The number of methoxy groups -OCH3 is 1. The second-order valence-electron chi connectivity index (χ2n) is 7.26. The molecule has 2 aliphatic rings. The number of likely N-dealkylation sites (tertiary alicyclic amines) is 1. The van der Waals surface area contributed by atoms with E-state index in [1.54, 1.807) is 7.11 Å². The van der Waals surface area contributed by atoms with Crippen LogP contribution >= 0.6 is 0 Å². The van der Waals surface area contributed by atoms with Crippen LogP contribution < -0.4 is 0 Å². The monoisotopic (exact) mass is 312 g/mol. The van der Waals surface area contributed by atoms with Gasteiger partial charge in [0.2, 0.25) is 0 Å². The Kier molecular flexibility index (Phi) is 3.45. The van der Waals surface area contributed by atoms with E-state index in [9.17, 15) is 4.79 Å². The van der Waals surface area contributed by atoms with Crippen LogP contribution in [0.25, 0.3) is 10.9 Å². The first-order valence-electron chi connectivity index (χ1n) is 8.47. The molecule has 1 aromatic heterocycles. The van der Waals surface area contributed by atoms with Crippen LogP contribution in [0.5, 0.6) is 0 Å². The third-order valence-electron chi connectivity index (χ3n) is 5.90. The van der Waals surface area contributed by atoms with E-state index < -0.39 is 0 Å². The van der Waals surface area contributed by atoms with Gasteiger partial charge in [-0.2, -0.15) is 0 Å². The number of hydrogen-bond acceptors (Lipinski definition) is 2. The molecule has 0 bridgehead atoms. The molecule has 4 rings (SSSR count). The van der Waals surface area contributed by atoms with Gasteiger partial charge in [-0.1, -0.05) is 0 Å². The van der Waals surface area contributed by atoms with Gasteiger partial charge in [-0.3, -0.25) is 4.79 Å². The summed E-state index contributed by atoms with van der Waals surface area (Å²) >= 11 is 0. The van der Waals surface area contributed by atoms with E-state index in [0.29, 0.717) is 11.5 Å². The molecule has 122 valence electrons. The summed E-state index contributed by atoms with van der Waals surface area (Å²) in [4.78, 5) is 14.8. The summed E-state index contributed by atoms with van der Waals surface area (Å²) in [5.74, 6) is 0.174. The number of ether oxygens (including phenoxy) is 1. The van der Waals surface area contributed by atoms with Crippen LogP contribution in [0, 0.1) is 5.41 Å². The first-order valence-corrected chi connectivity index (χ1v) is 8.47. The van der Waals surface area contributed by atoms with Crippen molar-refractivity contribution >= 4 is 16.8 Å². The highest BCUT2D eigenvalue weighted by Crippen LogP contribution is 2.50. The number of amides is 1. The molecule has 1 aromatic carbocycles. The van der Waals surface area contributed by atoms with Gasteiger partial charge in [0.1, 0.15) is 0 Å². The molecule has 1 saturated heterocycles. The summed E-state index contributed by atoms with van der Waals surface area (Å²) in [6, 6.07) is 8.09. The molecule has 1 amide bonds. The standard InChI is InChI=1S/C19H24N2O2/c1-20-8-5-14-11-15(3-4-17(14)20)18(22)21-9-6-19(7-10-21)12-16(13-19)23-2/h3-5,8,11,16H,6-7,9-10,12-13H2,1-2H3. The predicted octanol–water partition coefficient (Wildman–Crippen LogP) is 3.21. The van der Waals surface area contributed by atoms with E-state index in [1.165, 1.54) is 18.4 Å². The topological polar surface area (TPSA) is 34.5 Å². The zero-order chi connectivity index (χ0) is 16.0. The fourth-order valence-electron chi connectivity index (χ4n) is 4.26. The quantitative estimate of drug-likeness (QED) is 0.853. The summed E-state index contributed by atoms with van der Waals surface area (Å²) in [7, 11) is 3.83. The normalized spacial score (nSPS) is 20.9. The van der Waals surface area contributed by atoms with E-state index in [1.807, 2.05) is 36.3 Å². The first-order chi connectivity index (χ1) is 11.1. The van der Waals surface area contributed by atoms with Crippen molar-refractivity contribution < 1.29 is 9.53 Å². The van der Waals surface area contributed by atoms with Gasteiger partial charge in [0.05, 0.1) is 6.10 Å². The van der Waals surface area contributed by atoms with Crippen LogP contribution in [-0.4, -0.2) is 41.7 Å². The Morgan fingerprint density at radius 3 is 2.65 bits per heavy atom. The van der Waals surface area contributed by atoms with E-state index in [0.717, 1.165) is 36.9 Å².